The van der Waals surface area contributed by atoms with Gasteiger partial charge >= 0.3 is 0 Å². The molecule has 19 heavy (non-hydrogen) atoms. The van der Waals surface area contributed by atoms with Gasteiger partial charge in [-0.2, -0.15) is 0 Å². The van der Waals surface area contributed by atoms with Crippen molar-refractivity contribution in [1.82, 2.24) is 5.32 Å². The highest BCUT2D eigenvalue weighted by Gasteiger charge is 2.13. The maximum Gasteiger partial charge on any atom is 0.0513 e. The van der Waals surface area contributed by atoms with Crippen molar-refractivity contribution in [3.63, 3.8) is 0 Å². The molecule has 0 aliphatic carbocycles. The fraction of sp³-hybridized carbons (Fsp3) is 0.625. The Labute approximate surface area is 126 Å². The summed E-state index contributed by atoms with van der Waals surface area (Å²) in [4.78, 5) is 2.45. The first-order chi connectivity index (χ1) is 8.95. The van der Waals surface area contributed by atoms with Crippen molar-refractivity contribution in [1.29, 1.82) is 0 Å². The molecule has 0 fully saturated rings. The van der Waals surface area contributed by atoms with Crippen LogP contribution in [-0.4, -0.2) is 18.6 Å². The van der Waals surface area contributed by atoms with E-state index in [1.54, 1.807) is 0 Å². The van der Waals surface area contributed by atoms with Crippen LogP contribution >= 0.6 is 15.9 Å². The van der Waals surface area contributed by atoms with Crippen LogP contribution in [0.15, 0.2) is 22.7 Å². The van der Waals surface area contributed by atoms with E-state index < -0.39 is 0 Å². The quantitative estimate of drug-likeness (QED) is 0.789. The number of nitrogens with zero attached hydrogens (tertiary/aromatic N) is 1. The molecule has 0 aromatic heterocycles. The minimum absolute atomic E-state index is 0.519. The van der Waals surface area contributed by atoms with Gasteiger partial charge in [-0.05, 0) is 53.9 Å². The standard InChI is InChI=1S/C16H27BrN2/c1-6-9-19(13(4)5)16-8-7-14(10-15(16)17)11-18-12(2)3/h7-8,10,12-13,18H,6,9,11H2,1-5H3. The zero-order valence-electron chi connectivity index (χ0n) is 12.8. The molecule has 0 amide bonds. The van der Waals surface area contributed by atoms with Crippen LogP contribution in [0, 0.1) is 0 Å². The molecule has 0 aliphatic rings. The van der Waals surface area contributed by atoms with E-state index >= 15 is 0 Å². The van der Waals surface area contributed by atoms with Gasteiger partial charge in [0, 0.05) is 29.6 Å². The van der Waals surface area contributed by atoms with Gasteiger partial charge in [0.05, 0.1) is 5.69 Å². The molecule has 3 heteroatoms. The Bertz CT molecular complexity index is 388. The average Bonchev–Trinajstić information content (AvgIpc) is 2.34. The normalized spacial score (nSPS) is 11.4. The fourth-order valence-corrected chi connectivity index (χ4v) is 2.77. The molecule has 0 aliphatic heterocycles. The second-order valence-corrected chi connectivity index (χ2v) is 6.46. The molecule has 0 radical (unpaired) electrons. The lowest BCUT2D eigenvalue weighted by atomic mass is 10.1. The van der Waals surface area contributed by atoms with Crippen LogP contribution in [0.25, 0.3) is 0 Å². The summed E-state index contributed by atoms with van der Waals surface area (Å²) >= 11 is 3.72. The first-order valence-corrected chi connectivity index (χ1v) is 8.03. The predicted molar refractivity (Wildman–Crippen MR) is 88.9 cm³/mol. The second-order valence-electron chi connectivity index (χ2n) is 5.61. The van der Waals surface area contributed by atoms with Crippen molar-refractivity contribution in [2.24, 2.45) is 0 Å². The monoisotopic (exact) mass is 326 g/mol. The van der Waals surface area contributed by atoms with Crippen LogP contribution in [0.1, 0.15) is 46.6 Å². The Kier molecular flexibility index (Phi) is 6.87. The number of anilines is 1. The van der Waals surface area contributed by atoms with E-state index in [0.29, 0.717) is 12.1 Å². The molecule has 1 N–H and O–H groups in total. The SMILES string of the molecule is CCCN(c1ccc(CNC(C)C)cc1Br)C(C)C. The zero-order valence-corrected chi connectivity index (χ0v) is 14.4. The van der Waals surface area contributed by atoms with Crippen molar-refractivity contribution in [2.75, 3.05) is 11.4 Å². The summed E-state index contributed by atoms with van der Waals surface area (Å²) in [5.41, 5.74) is 2.62. The molecule has 0 heterocycles. The lowest BCUT2D eigenvalue weighted by Crippen LogP contribution is -2.31. The number of halogens is 1. The molecule has 0 unspecified atom stereocenters. The predicted octanol–water partition coefficient (Wildman–Crippen LogP) is 4.57. The Morgan fingerprint density at radius 2 is 1.89 bits per heavy atom. The molecule has 108 valence electrons. The second kappa shape index (κ2) is 7.91. The Morgan fingerprint density at radius 3 is 2.37 bits per heavy atom. The fourth-order valence-electron chi connectivity index (χ4n) is 2.11. The summed E-state index contributed by atoms with van der Waals surface area (Å²) in [5, 5.41) is 3.45. The van der Waals surface area contributed by atoms with E-state index in [2.05, 4.69) is 79.0 Å². The maximum absolute atomic E-state index is 3.72. The molecule has 1 aromatic carbocycles. The van der Waals surface area contributed by atoms with Gasteiger partial charge in [0.25, 0.3) is 0 Å². The van der Waals surface area contributed by atoms with Gasteiger partial charge in [0.2, 0.25) is 0 Å². The van der Waals surface area contributed by atoms with E-state index in [0.717, 1.165) is 13.1 Å². The minimum Gasteiger partial charge on any atom is -0.368 e. The van der Waals surface area contributed by atoms with Gasteiger partial charge < -0.3 is 10.2 Å². The third-order valence-electron chi connectivity index (χ3n) is 3.12. The summed E-state index contributed by atoms with van der Waals surface area (Å²) < 4.78 is 1.19. The number of benzene rings is 1. The molecule has 0 atom stereocenters. The lowest BCUT2D eigenvalue weighted by Gasteiger charge is -2.30. The molecule has 0 saturated heterocycles. The zero-order chi connectivity index (χ0) is 14.4. The number of nitrogens with one attached hydrogen (secondary N) is 1. The van der Waals surface area contributed by atoms with Crippen molar-refractivity contribution < 1.29 is 0 Å². The highest BCUT2D eigenvalue weighted by Crippen LogP contribution is 2.29. The smallest absolute Gasteiger partial charge is 0.0513 e. The minimum atomic E-state index is 0.519. The van der Waals surface area contributed by atoms with Crippen LogP contribution in [0.3, 0.4) is 0 Å². The van der Waals surface area contributed by atoms with E-state index in [1.807, 2.05) is 0 Å². The molecule has 1 aromatic rings. The molecule has 2 nitrogen and oxygen atoms in total. The van der Waals surface area contributed by atoms with Gasteiger partial charge in [-0.15, -0.1) is 0 Å². The van der Waals surface area contributed by atoms with Gasteiger partial charge in [-0.3, -0.25) is 0 Å². The van der Waals surface area contributed by atoms with Crippen LogP contribution in [-0.2, 0) is 6.54 Å². The summed E-state index contributed by atoms with van der Waals surface area (Å²) in [6.45, 7) is 13.1. The maximum atomic E-state index is 3.72. The Morgan fingerprint density at radius 1 is 1.21 bits per heavy atom. The highest BCUT2D eigenvalue weighted by atomic mass is 79.9. The Balaban J connectivity index is 2.86. The molecule has 0 saturated carbocycles. The van der Waals surface area contributed by atoms with Crippen LogP contribution in [0.2, 0.25) is 0 Å². The van der Waals surface area contributed by atoms with Crippen molar-refractivity contribution >= 4 is 21.6 Å². The van der Waals surface area contributed by atoms with Gasteiger partial charge in [-0.25, -0.2) is 0 Å². The molecular formula is C16H27BrN2. The van der Waals surface area contributed by atoms with Crippen molar-refractivity contribution in [3.05, 3.63) is 28.2 Å². The molecule has 1 rings (SSSR count). The van der Waals surface area contributed by atoms with Crippen LogP contribution < -0.4 is 10.2 Å². The van der Waals surface area contributed by atoms with Gasteiger partial charge in [0.15, 0.2) is 0 Å². The lowest BCUT2D eigenvalue weighted by molar-refractivity contribution is 0.588. The Hall–Kier alpha value is -0.540. The third-order valence-corrected chi connectivity index (χ3v) is 3.76. The summed E-state index contributed by atoms with van der Waals surface area (Å²) in [6, 6.07) is 7.73. The van der Waals surface area contributed by atoms with Crippen LogP contribution in [0.4, 0.5) is 5.69 Å². The first-order valence-electron chi connectivity index (χ1n) is 7.24. The molecule has 0 bridgehead atoms. The van der Waals surface area contributed by atoms with E-state index in [9.17, 15) is 0 Å². The first kappa shape index (κ1) is 16.5. The van der Waals surface area contributed by atoms with Gasteiger partial charge in [0.1, 0.15) is 0 Å². The highest BCUT2D eigenvalue weighted by molar-refractivity contribution is 9.10. The topological polar surface area (TPSA) is 15.3 Å². The average molecular weight is 327 g/mol. The number of hydrogen-bond donors (Lipinski definition) is 1. The number of rotatable bonds is 7. The van der Waals surface area contributed by atoms with Crippen molar-refractivity contribution in [3.8, 4) is 0 Å². The van der Waals surface area contributed by atoms with Gasteiger partial charge in [-0.1, -0.05) is 26.8 Å². The summed E-state index contributed by atoms with van der Waals surface area (Å²) in [7, 11) is 0. The molecule has 0 spiro atoms. The third kappa shape index (κ3) is 5.15. The largest absolute Gasteiger partial charge is 0.368 e. The van der Waals surface area contributed by atoms with Crippen LogP contribution in [0.5, 0.6) is 0 Å². The summed E-state index contributed by atoms with van der Waals surface area (Å²) in [5.74, 6) is 0. The van der Waals surface area contributed by atoms with E-state index in [4.69, 9.17) is 0 Å². The molecular weight excluding hydrogens is 300 g/mol. The summed E-state index contributed by atoms with van der Waals surface area (Å²) in [6.07, 6.45) is 1.17. The number of hydrogen-bond acceptors (Lipinski definition) is 2. The van der Waals surface area contributed by atoms with Crippen molar-refractivity contribution in [2.45, 2.75) is 59.7 Å². The van der Waals surface area contributed by atoms with E-state index in [1.165, 1.54) is 22.1 Å². The van der Waals surface area contributed by atoms with E-state index in [-0.39, 0.29) is 0 Å².